The standard InChI is InChI=1S/C31H28O2S2.2BF4/c1-2-3-4-13-23(35-30-20-11-7-16-26(30)33-27-17-8-12-21-31(27)35)22-34-28-18-9-5-14-24(28)32-25-15-6-10-19-29(25)34;2*2-1(3,4)5/h5-12,14-22H,2-4,13H2,1H3;;/q+2;2*-1/b23-22+;;. The third-order valence-corrected chi connectivity index (χ3v) is 11.0. The van der Waals surface area contributed by atoms with Crippen LogP contribution in [-0.4, -0.2) is 14.5 Å². The van der Waals surface area contributed by atoms with Crippen LogP contribution in [0.1, 0.15) is 32.6 Å². The Bertz CT molecular complexity index is 1500. The minimum Gasteiger partial charge on any atom is -0.447 e. The van der Waals surface area contributed by atoms with Crippen LogP contribution in [0.2, 0.25) is 0 Å². The summed E-state index contributed by atoms with van der Waals surface area (Å²) in [4.78, 5) is 6.59. The minimum atomic E-state index is -6.00. The average Bonchev–Trinajstić information content (AvgIpc) is 2.97. The fourth-order valence-corrected chi connectivity index (χ4v) is 9.46. The largest absolute Gasteiger partial charge is 0.673 e. The second kappa shape index (κ2) is 15.2. The molecule has 2 nitrogen and oxygen atoms in total. The van der Waals surface area contributed by atoms with Crippen LogP contribution in [0.4, 0.5) is 34.5 Å². The average molecular weight is 670 g/mol. The molecule has 2 aliphatic rings. The molecule has 2 aliphatic heterocycles. The summed E-state index contributed by atoms with van der Waals surface area (Å²) in [5.74, 6) is 3.89. The normalized spacial score (nSPS) is 14.1. The van der Waals surface area contributed by atoms with E-state index >= 15 is 0 Å². The number of fused-ring (bicyclic) bond motifs is 4. The second-order valence-electron chi connectivity index (χ2n) is 9.67. The molecule has 0 fully saturated rings. The highest BCUT2D eigenvalue weighted by molar-refractivity contribution is 8.04. The molecule has 0 unspecified atom stereocenters. The van der Waals surface area contributed by atoms with Crippen molar-refractivity contribution in [3.8, 4) is 23.0 Å². The van der Waals surface area contributed by atoms with Crippen LogP contribution in [-0.2, 0) is 21.8 Å². The van der Waals surface area contributed by atoms with Gasteiger partial charge in [-0.05, 0) is 55.0 Å². The maximum atomic E-state index is 9.75. The van der Waals surface area contributed by atoms with Crippen LogP contribution >= 0.6 is 0 Å². The van der Waals surface area contributed by atoms with E-state index in [-0.39, 0.29) is 21.8 Å². The Labute approximate surface area is 262 Å². The first kappa shape index (κ1) is 34.4. The maximum Gasteiger partial charge on any atom is 0.673 e. The number of benzene rings is 4. The van der Waals surface area contributed by atoms with E-state index in [1.807, 2.05) is 0 Å². The van der Waals surface area contributed by atoms with E-state index in [1.165, 1.54) is 43.7 Å². The smallest absolute Gasteiger partial charge is 0.447 e. The van der Waals surface area contributed by atoms with E-state index in [0.717, 1.165) is 29.4 Å². The lowest BCUT2D eigenvalue weighted by molar-refractivity contribution is 0.366. The van der Waals surface area contributed by atoms with Gasteiger partial charge in [0, 0.05) is 6.42 Å². The molecule has 4 aromatic carbocycles. The minimum absolute atomic E-state index is 0.189. The number of hydrogen-bond acceptors (Lipinski definition) is 2. The molecule has 45 heavy (non-hydrogen) atoms. The summed E-state index contributed by atoms with van der Waals surface area (Å²) in [5, 5.41) is 2.57. The van der Waals surface area contributed by atoms with E-state index < -0.39 is 14.5 Å². The van der Waals surface area contributed by atoms with Gasteiger partial charge in [0.1, 0.15) is 21.8 Å². The van der Waals surface area contributed by atoms with Crippen LogP contribution in [0.25, 0.3) is 0 Å². The van der Waals surface area contributed by atoms with Crippen molar-refractivity contribution in [2.24, 2.45) is 0 Å². The van der Waals surface area contributed by atoms with E-state index in [4.69, 9.17) is 9.47 Å². The molecule has 238 valence electrons. The molecule has 0 amide bonds. The van der Waals surface area contributed by atoms with Gasteiger partial charge in [0.15, 0.2) is 33.3 Å². The molecule has 0 spiro atoms. The van der Waals surface area contributed by atoms with E-state index in [9.17, 15) is 34.5 Å². The van der Waals surface area contributed by atoms with Crippen molar-refractivity contribution in [3.05, 3.63) is 107 Å². The van der Waals surface area contributed by atoms with Crippen molar-refractivity contribution in [1.29, 1.82) is 0 Å². The summed E-state index contributed by atoms with van der Waals surface area (Å²) in [6.07, 6.45) is 4.71. The van der Waals surface area contributed by atoms with Crippen LogP contribution in [0.15, 0.2) is 127 Å². The highest BCUT2D eigenvalue weighted by Crippen LogP contribution is 2.50. The lowest BCUT2D eigenvalue weighted by Crippen LogP contribution is -2.16. The fraction of sp³-hybridized carbons (Fsp3) is 0.161. The molecule has 0 aliphatic carbocycles. The lowest BCUT2D eigenvalue weighted by Gasteiger charge is -2.22. The number of rotatable bonds is 6. The van der Waals surface area contributed by atoms with Gasteiger partial charge in [0.25, 0.3) is 0 Å². The monoisotopic (exact) mass is 670 g/mol. The van der Waals surface area contributed by atoms with Gasteiger partial charge >= 0.3 is 14.5 Å². The number of unbranched alkanes of at least 4 members (excludes halogenated alkanes) is 2. The van der Waals surface area contributed by atoms with Gasteiger partial charge in [0.05, 0.1) is 0 Å². The Balaban J connectivity index is 0.000000403. The molecule has 0 saturated carbocycles. The van der Waals surface area contributed by atoms with Crippen molar-refractivity contribution < 1.29 is 44.0 Å². The predicted octanol–water partition coefficient (Wildman–Crippen LogP) is 11.7. The number of hydrogen-bond donors (Lipinski definition) is 0. The van der Waals surface area contributed by atoms with Gasteiger partial charge in [-0.3, -0.25) is 0 Å². The molecule has 0 radical (unpaired) electrons. The SMILES string of the molecule is CCCCC/C(=C\[S+]1c2ccccc2Oc2ccccc21)[S+]1c2ccccc2Oc2ccccc21.F[B-](F)(F)F.F[B-](F)(F)F. The topological polar surface area (TPSA) is 18.5 Å². The van der Waals surface area contributed by atoms with Crippen LogP contribution in [0.5, 0.6) is 23.0 Å². The molecule has 0 N–H and O–H groups in total. The van der Waals surface area contributed by atoms with Crippen molar-refractivity contribution in [3.63, 3.8) is 0 Å². The molecule has 0 atom stereocenters. The van der Waals surface area contributed by atoms with Crippen LogP contribution < -0.4 is 9.47 Å². The van der Waals surface area contributed by atoms with E-state index in [0.29, 0.717) is 0 Å². The Kier molecular flexibility index (Phi) is 11.6. The van der Waals surface area contributed by atoms with Gasteiger partial charge in [-0.25, -0.2) is 0 Å². The molecular formula is C31H28B2F8O2S2. The van der Waals surface area contributed by atoms with Gasteiger partial charge in [0.2, 0.25) is 19.6 Å². The summed E-state index contributed by atoms with van der Waals surface area (Å²) in [7, 11) is -12.4. The molecule has 0 saturated heterocycles. The highest BCUT2D eigenvalue weighted by atomic mass is 32.2. The zero-order chi connectivity index (χ0) is 32.6. The fourth-order valence-electron chi connectivity index (χ4n) is 4.61. The summed E-state index contributed by atoms with van der Waals surface area (Å²) in [6.45, 7) is 2.28. The Morgan fingerprint density at radius 2 is 0.889 bits per heavy atom. The highest BCUT2D eigenvalue weighted by Gasteiger charge is 2.44. The van der Waals surface area contributed by atoms with Crippen LogP contribution in [0.3, 0.4) is 0 Å². The second-order valence-corrected chi connectivity index (χ2v) is 13.5. The molecule has 0 bridgehead atoms. The maximum absolute atomic E-state index is 9.75. The van der Waals surface area contributed by atoms with Crippen molar-refractivity contribution in [2.45, 2.75) is 52.2 Å². The van der Waals surface area contributed by atoms with Crippen molar-refractivity contribution in [1.82, 2.24) is 0 Å². The molecule has 6 rings (SSSR count). The van der Waals surface area contributed by atoms with Crippen molar-refractivity contribution >= 4 is 36.3 Å². The Morgan fingerprint density at radius 3 is 1.27 bits per heavy atom. The number of halogens is 8. The summed E-state index contributed by atoms with van der Waals surface area (Å²) in [6, 6.07) is 34.2. The zero-order valence-electron chi connectivity index (χ0n) is 24.0. The Morgan fingerprint density at radius 1 is 0.556 bits per heavy atom. The van der Waals surface area contributed by atoms with Gasteiger partial charge in [-0.1, -0.05) is 68.3 Å². The van der Waals surface area contributed by atoms with E-state index in [2.05, 4.69) is 109 Å². The number of allylic oxidation sites excluding steroid dienone is 1. The summed E-state index contributed by atoms with van der Waals surface area (Å²) >= 11 is 0. The molecule has 4 aromatic rings. The first-order valence-corrected chi connectivity index (χ1v) is 16.5. The summed E-state index contributed by atoms with van der Waals surface area (Å²) < 4.78 is 90.7. The molecule has 2 heterocycles. The third-order valence-electron chi connectivity index (χ3n) is 6.29. The third kappa shape index (κ3) is 9.99. The quantitative estimate of drug-likeness (QED) is 0.0880. The first-order chi connectivity index (χ1) is 21.3. The van der Waals surface area contributed by atoms with Crippen LogP contribution in [0, 0.1) is 0 Å². The van der Waals surface area contributed by atoms with E-state index in [1.54, 1.807) is 0 Å². The lowest BCUT2D eigenvalue weighted by atomic mass is 10.2. The molecule has 0 aromatic heterocycles. The number of para-hydroxylation sites is 4. The van der Waals surface area contributed by atoms with Gasteiger partial charge < -0.3 is 44.0 Å². The van der Waals surface area contributed by atoms with Gasteiger partial charge in [-0.15, -0.1) is 0 Å². The first-order valence-electron chi connectivity index (χ1n) is 14.0. The summed E-state index contributed by atoms with van der Waals surface area (Å²) in [5.41, 5.74) is 0. The predicted molar refractivity (Wildman–Crippen MR) is 166 cm³/mol. The molecular weight excluding hydrogens is 642 g/mol. The van der Waals surface area contributed by atoms with Gasteiger partial charge in [-0.2, -0.15) is 0 Å². The Hall–Kier alpha value is -3.51. The van der Waals surface area contributed by atoms with Crippen molar-refractivity contribution in [2.75, 3.05) is 0 Å². The zero-order valence-corrected chi connectivity index (χ0v) is 25.6. The molecule has 14 heteroatoms. The number of ether oxygens (including phenoxy) is 2.